The van der Waals surface area contributed by atoms with Crippen molar-refractivity contribution in [1.82, 2.24) is 4.90 Å². The second-order valence-corrected chi connectivity index (χ2v) is 6.12. The zero-order chi connectivity index (χ0) is 11.4. The summed E-state index contributed by atoms with van der Waals surface area (Å²) in [7, 11) is 0. The highest BCUT2D eigenvalue weighted by Crippen LogP contribution is 2.18. The molecule has 0 N–H and O–H groups in total. The van der Waals surface area contributed by atoms with Crippen LogP contribution >= 0.6 is 27.7 Å². The number of nitrogens with zero attached hydrogens (tertiary/aromatic N) is 1. The molecule has 4 heteroatoms. The summed E-state index contributed by atoms with van der Waals surface area (Å²) < 4.78 is 14.5. The topological polar surface area (TPSA) is 3.24 Å². The van der Waals surface area contributed by atoms with Gasteiger partial charge in [0.15, 0.2) is 0 Å². The molecular formula is C12H15BrFNS. The van der Waals surface area contributed by atoms with Crippen molar-refractivity contribution in [2.75, 3.05) is 24.6 Å². The molecule has 1 aromatic carbocycles. The summed E-state index contributed by atoms with van der Waals surface area (Å²) in [6.45, 7) is 2.89. The molecule has 0 spiro atoms. The van der Waals surface area contributed by atoms with Gasteiger partial charge in [-0.05, 0) is 30.9 Å². The van der Waals surface area contributed by atoms with E-state index >= 15 is 0 Å². The zero-order valence-electron chi connectivity index (χ0n) is 9.09. The first-order valence-electron chi connectivity index (χ1n) is 5.50. The van der Waals surface area contributed by atoms with Crippen LogP contribution in [-0.4, -0.2) is 29.5 Å². The average molecular weight is 304 g/mol. The van der Waals surface area contributed by atoms with E-state index in [1.54, 1.807) is 6.07 Å². The minimum absolute atomic E-state index is 0.105. The van der Waals surface area contributed by atoms with Crippen LogP contribution in [0.25, 0.3) is 0 Å². The van der Waals surface area contributed by atoms with E-state index in [1.807, 2.05) is 23.9 Å². The van der Waals surface area contributed by atoms with E-state index in [2.05, 4.69) is 20.8 Å². The molecule has 1 heterocycles. The Morgan fingerprint density at radius 1 is 1.31 bits per heavy atom. The number of hydrogen-bond donors (Lipinski definition) is 0. The van der Waals surface area contributed by atoms with Gasteiger partial charge < -0.3 is 0 Å². The molecule has 1 saturated heterocycles. The fraction of sp³-hybridized carbons (Fsp3) is 0.500. The van der Waals surface area contributed by atoms with Crippen LogP contribution in [0.2, 0.25) is 0 Å². The smallest absolute Gasteiger partial charge is 0.128 e. The highest BCUT2D eigenvalue weighted by Gasteiger charge is 2.11. The first kappa shape index (κ1) is 12.4. The van der Waals surface area contributed by atoms with Gasteiger partial charge in [0.25, 0.3) is 0 Å². The number of rotatable bonds is 2. The summed E-state index contributed by atoms with van der Waals surface area (Å²) in [6.07, 6.45) is 1.21. The minimum atomic E-state index is -0.105. The first-order valence-corrected chi connectivity index (χ1v) is 7.44. The summed E-state index contributed by atoms with van der Waals surface area (Å²) >= 11 is 5.27. The van der Waals surface area contributed by atoms with Crippen molar-refractivity contribution in [3.63, 3.8) is 0 Å². The van der Waals surface area contributed by atoms with Gasteiger partial charge in [-0.25, -0.2) is 4.39 Å². The van der Waals surface area contributed by atoms with Crippen LogP contribution in [0.5, 0.6) is 0 Å². The van der Waals surface area contributed by atoms with E-state index in [9.17, 15) is 4.39 Å². The Labute approximate surface area is 109 Å². The van der Waals surface area contributed by atoms with Gasteiger partial charge in [0.2, 0.25) is 0 Å². The van der Waals surface area contributed by atoms with E-state index in [0.717, 1.165) is 35.4 Å². The highest BCUT2D eigenvalue weighted by atomic mass is 79.9. The molecule has 16 heavy (non-hydrogen) atoms. The van der Waals surface area contributed by atoms with Gasteiger partial charge in [-0.3, -0.25) is 4.90 Å². The fourth-order valence-corrected chi connectivity index (χ4v) is 3.10. The molecule has 0 aliphatic carbocycles. The van der Waals surface area contributed by atoms with E-state index < -0.39 is 0 Å². The molecule has 1 fully saturated rings. The quantitative estimate of drug-likeness (QED) is 0.822. The summed E-state index contributed by atoms with van der Waals surface area (Å²) in [5.74, 6) is 2.29. The van der Waals surface area contributed by atoms with Gasteiger partial charge in [-0.1, -0.05) is 22.0 Å². The molecule has 0 radical (unpaired) electrons. The summed E-state index contributed by atoms with van der Waals surface area (Å²) in [4.78, 5) is 2.34. The first-order chi connectivity index (χ1) is 7.75. The molecule has 0 aromatic heterocycles. The van der Waals surface area contributed by atoms with Crippen LogP contribution < -0.4 is 0 Å². The van der Waals surface area contributed by atoms with Gasteiger partial charge in [-0.15, -0.1) is 0 Å². The van der Waals surface area contributed by atoms with Crippen LogP contribution in [-0.2, 0) is 6.54 Å². The Morgan fingerprint density at radius 2 is 2.19 bits per heavy atom. The molecule has 1 aliphatic rings. The van der Waals surface area contributed by atoms with Crippen molar-refractivity contribution >= 4 is 27.7 Å². The lowest BCUT2D eigenvalue weighted by Crippen LogP contribution is -2.25. The fourth-order valence-electron chi connectivity index (χ4n) is 1.85. The van der Waals surface area contributed by atoms with Crippen molar-refractivity contribution in [2.45, 2.75) is 13.0 Å². The predicted molar refractivity (Wildman–Crippen MR) is 71.3 cm³/mol. The molecular weight excluding hydrogens is 289 g/mol. The third-order valence-corrected chi connectivity index (χ3v) is 4.27. The maximum atomic E-state index is 13.6. The van der Waals surface area contributed by atoms with E-state index in [0.29, 0.717) is 0 Å². The van der Waals surface area contributed by atoms with Crippen LogP contribution in [0.1, 0.15) is 12.0 Å². The monoisotopic (exact) mass is 303 g/mol. The van der Waals surface area contributed by atoms with Crippen LogP contribution in [0.4, 0.5) is 4.39 Å². The van der Waals surface area contributed by atoms with Crippen molar-refractivity contribution in [1.29, 1.82) is 0 Å². The largest absolute Gasteiger partial charge is 0.298 e. The van der Waals surface area contributed by atoms with Crippen LogP contribution in [0, 0.1) is 5.82 Å². The maximum Gasteiger partial charge on any atom is 0.128 e. The van der Waals surface area contributed by atoms with Crippen LogP contribution in [0.15, 0.2) is 22.7 Å². The van der Waals surface area contributed by atoms with E-state index in [4.69, 9.17) is 0 Å². The number of benzene rings is 1. The molecule has 0 saturated carbocycles. The van der Waals surface area contributed by atoms with E-state index in [-0.39, 0.29) is 5.82 Å². The van der Waals surface area contributed by atoms with Gasteiger partial charge in [0.1, 0.15) is 5.82 Å². The number of thioether (sulfide) groups is 1. The van der Waals surface area contributed by atoms with Crippen molar-refractivity contribution < 1.29 is 4.39 Å². The molecule has 1 aromatic rings. The van der Waals surface area contributed by atoms with Gasteiger partial charge >= 0.3 is 0 Å². The molecule has 1 nitrogen and oxygen atoms in total. The molecule has 1 aliphatic heterocycles. The third-order valence-electron chi connectivity index (χ3n) is 2.72. The van der Waals surface area contributed by atoms with Crippen molar-refractivity contribution in [3.05, 3.63) is 34.1 Å². The second-order valence-electron chi connectivity index (χ2n) is 3.98. The lowest BCUT2D eigenvalue weighted by Gasteiger charge is -2.19. The SMILES string of the molecule is Fc1cc(Br)ccc1CN1CCCSCC1. The Kier molecular flexibility index (Phi) is 4.67. The molecule has 0 unspecified atom stereocenters. The standard InChI is InChI=1S/C12H15BrFNS/c13-11-3-2-10(12(14)8-11)9-15-4-1-6-16-7-5-15/h2-3,8H,1,4-7,9H2. The normalized spacial score (nSPS) is 18.4. The summed E-state index contributed by atoms with van der Waals surface area (Å²) in [5, 5.41) is 0. The molecule has 0 atom stereocenters. The molecule has 88 valence electrons. The third kappa shape index (κ3) is 3.47. The predicted octanol–water partition coefficient (Wildman–Crippen LogP) is 3.53. The lowest BCUT2D eigenvalue weighted by atomic mass is 10.2. The Hall–Kier alpha value is -0.0600. The Balaban J connectivity index is 2.01. The molecule has 0 amide bonds. The maximum absolute atomic E-state index is 13.6. The highest BCUT2D eigenvalue weighted by molar-refractivity contribution is 9.10. The van der Waals surface area contributed by atoms with E-state index in [1.165, 1.54) is 12.2 Å². The summed E-state index contributed by atoms with van der Waals surface area (Å²) in [5.41, 5.74) is 0.801. The van der Waals surface area contributed by atoms with Gasteiger partial charge in [0, 0.05) is 28.9 Å². The minimum Gasteiger partial charge on any atom is -0.298 e. The Morgan fingerprint density at radius 3 is 3.00 bits per heavy atom. The Bertz CT molecular complexity index is 351. The second kappa shape index (κ2) is 6.03. The van der Waals surface area contributed by atoms with Gasteiger partial charge in [0.05, 0.1) is 0 Å². The molecule has 0 bridgehead atoms. The lowest BCUT2D eigenvalue weighted by molar-refractivity contribution is 0.283. The van der Waals surface area contributed by atoms with Crippen molar-refractivity contribution in [3.8, 4) is 0 Å². The molecule has 2 rings (SSSR count). The zero-order valence-corrected chi connectivity index (χ0v) is 11.5. The van der Waals surface area contributed by atoms with Crippen LogP contribution in [0.3, 0.4) is 0 Å². The van der Waals surface area contributed by atoms with Crippen molar-refractivity contribution in [2.24, 2.45) is 0 Å². The summed E-state index contributed by atoms with van der Waals surface area (Å²) in [6, 6.07) is 5.32. The van der Waals surface area contributed by atoms with Gasteiger partial charge in [-0.2, -0.15) is 11.8 Å². The number of hydrogen-bond acceptors (Lipinski definition) is 2. The number of halogens is 2. The average Bonchev–Trinajstić information content (AvgIpc) is 2.51.